The monoisotopic (exact) mass is 492 g/mol. The molecule has 35 heavy (non-hydrogen) atoms. The number of thiophene rings is 2. The van der Waals surface area contributed by atoms with Gasteiger partial charge in [0.05, 0.1) is 9.40 Å². The van der Waals surface area contributed by atoms with Crippen LogP contribution in [0.5, 0.6) is 0 Å². The van der Waals surface area contributed by atoms with Crippen LogP contribution in [-0.2, 0) is 6.42 Å². The van der Waals surface area contributed by atoms with E-state index in [1.807, 2.05) is 22.7 Å². The Kier molecular flexibility index (Phi) is 6.35. The van der Waals surface area contributed by atoms with E-state index in [0.29, 0.717) is 0 Å². The molecule has 2 aromatic heterocycles. The van der Waals surface area contributed by atoms with Gasteiger partial charge >= 0.3 is 0 Å². The van der Waals surface area contributed by atoms with Crippen LogP contribution >= 0.6 is 22.7 Å². The van der Waals surface area contributed by atoms with Crippen molar-refractivity contribution in [2.45, 2.75) is 58.8 Å². The van der Waals surface area contributed by atoms with Crippen LogP contribution < -0.4 is 0 Å². The Labute approximate surface area is 216 Å². The van der Waals surface area contributed by atoms with Crippen LogP contribution in [0.1, 0.15) is 56.6 Å². The molecule has 0 radical (unpaired) electrons. The van der Waals surface area contributed by atoms with Crippen LogP contribution in [0, 0.1) is 6.92 Å². The van der Waals surface area contributed by atoms with Crippen molar-refractivity contribution in [1.82, 2.24) is 0 Å². The van der Waals surface area contributed by atoms with Crippen LogP contribution in [0.25, 0.3) is 51.5 Å². The number of unbranched alkanes of at least 4 members (excludes halogenated alkanes) is 5. The van der Waals surface area contributed by atoms with E-state index < -0.39 is 0 Å². The topological polar surface area (TPSA) is 0 Å². The lowest BCUT2D eigenvalue weighted by Gasteiger charge is -2.05. The van der Waals surface area contributed by atoms with Gasteiger partial charge in [-0.05, 0) is 71.5 Å². The molecule has 2 heterocycles. The van der Waals surface area contributed by atoms with Gasteiger partial charge in [0.25, 0.3) is 0 Å². The van der Waals surface area contributed by atoms with E-state index in [4.69, 9.17) is 0 Å². The molecule has 6 aromatic rings. The van der Waals surface area contributed by atoms with Gasteiger partial charge in [-0.15, -0.1) is 22.7 Å². The highest BCUT2D eigenvalue weighted by molar-refractivity contribution is 7.36. The summed E-state index contributed by atoms with van der Waals surface area (Å²) in [4.78, 5) is 0. The summed E-state index contributed by atoms with van der Waals surface area (Å²) in [5, 5.41) is 5.57. The predicted octanol–water partition coefficient (Wildman–Crippen LogP) is 11.3. The van der Waals surface area contributed by atoms with Crippen molar-refractivity contribution in [2.24, 2.45) is 0 Å². The largest absolute Gasteiger partial charge is 0.134 e. The molecule has 0 atom stereocenters. The lowest BCUT2D eigenvalue weighted by atomic mass is 10.0. The fraction of sp³-hybridized carbons (Fsp3) is 0.273. The zero-order valence-electron chi connectivity index (χ0n) is 20.7. The molecular weight excluding hydrogens is 460 g/mol. The van der Waals surface area contributed by atoms with Gasteiger partial charge < -0.3 is 0 Å². The van der Waals surface area contributed by atoms with Crippen molar-refractivity contribution < 1.29 is 0 Å². The molecule has 6 rings (SSSR count). The summed E-state index contributed by atoms with van der Waals surface area (Å²) < 4.78 is 5.69. The maximum atomic E-state index is 2.45. The van der Waals surface area contributed by atoms with Gasteiger partial charge in [0.15, 0.2) is 0 Å². The number of hydrogen-bond acceptors (Lipinski definition) is 2. The Bertz CT molecular complexity index is 1630. The maximum absolute atomic E-state index is 2.45. The molecule has 0 saturated carbocycles. The summed E-state index contributed by atoms with van der Waals surface area (Å²) in [7, 11) is 0. The van der Waals surface area contributed by atoms with Crippen molar-refractivity contribution in [1.29, 1.82) is 0 Å². The van der Waals surface area contributed by atoms with Crippen molar-refractivity contribution in [3.8, 4) is 11.1 Å². The lowest BCUT2D eigenvalue weighted by molar-refractivity contribution is 0.607. The lowest BCUT2D eigenvalue weighted by Crippen LogP contribution is -1.87. The van der Waals surface area contributed by atoms with Gasteiger partial charge in [0.2, 0.25) is 0 Å². The van der Waals surface area contributed by atoms with Gasteiger partial charge in [0.1, 0.15) is 0 Å². The van der Waals surface area contributed by atoms with Crippen molar-refractivity contribution in [3.05, 3.63) is 83.9 Å². The van der Waals surface area contributed by atoms with E-state index in [1.54, 1.807) is 0 Å². The Morgan fingerprint density at radius 2 is 1.29 bits per heavy atom. The van der Waals surface area contributed by atoms with E-state index in [-0.39, 0.29) is 0 Å². The highest BCUT2D eigenvalue weighted by Gasteiger charge is 2.14. The minimum atomic E-state index is 1.20. The van der Waals surface area contributed by atoms with Crippen LogP contribution in [-0.4, -0.2) is 0 Å². The summed E-state index contributed by atoms with van der Waals surface area (Å²) in [6, 6.07) is 27.8. The van der Waals surface area contributed by atoms with Gasteiger partial charge in [-0.25, -0.2) is 0 Å². The molecule has 0 aliphatic heterocycles. The summed E-state index contributed by atoms with van der Waals surface area (Å²) in [5.41, 5.74) is 5.39. The molecule has 0 N–H and O–H groups in total. The summed E-state index contributed by atoms with van der Waals surface area (Å²) in [6.07, 6.45) is 9.33. The molecule has 0 unspecified atom stereocenters. The molecule has 0 fully saturated rings. The summed E-state index contributed by atoms with van der Waals surface area (Å²) >= 11 is 3.91. The SMILES string of the molecule is CCCCCCCCc1ccc2cc3sc4c5cc(-c6ccc(C)cc6)ccc5sc4c3cc2c1. The minimum Gasteiger partial charge on any atom is -0.134 e. The van der Waals surface area contributed by atoms with Crippen LogP contribution in [0.2, 0.25) is 0 Å². The summed E-state index contributed by atoms with van der Waals surface area (Å²) in [6.45, 7) is 4.43. The molecule has 2 heteroatoms. The van der Waals surface area contributed by atoms with Crippen molar-refractivity contribution in [3.63, 3.8) is 0 Å². The van der Waals surface area contributed by atoms with E-state index in [1.165, 1.54) is 108 Å². The minimum absolute atomic E-state index is 1.20. The predicted molar refractivity (Wildman–Crippen MR) is 159 cm³/mol. The molecule has 0 aliphatic carbocycles. The first-order chi connectivity index (χ1) is 17.2. The number of hydrogen-bond donors (Lipinski definition) is 0. The Morgan fingerprint density at radius 3 is 2.11 bits per heavy atom. The van der Waals surface area contributed by atoms with E-state index in [9.17, 15) is 0 Å². The molecule has 0 amide bonds. The Morgan fingerprint density at radius 1 is 0.571 bits per heavy atom. The van der Waals surface area contributed by atoms with Crippen molar-refractivity contribution in [2.75, 3.05) is 0 Å². The zero-order valence-corrected chi connectivity index (χ0v) is 22.3. The number of rotatable bonds is 8. The van der Waals surface area contributed by atoms with Crippen LogP contribution in [0.4, 0.5) is 0 Å². The van der Waals surface area contributed by atoms with E-state index in [2.05, 4.69) is 86.6 Å². The first kappa shape index (κ1) is 22.8. The van der Waals surface area contributed by atoms with Gasteiger partial charge in [-0.1, -0.05) is 93.1 Å². The fourth-order valence-corrected chi connectivity index (χ4v) is 7.89. The first-order valence-corrected chi connectivity index (χ1v) is 14.7. The van der Waals surface area contributed by atoms with Gasteiger partial charge in [-0.3, -0.25) is 0 Å². The second-order valence-corrected chi connectivity index (χ2v) is 12.1. The smallest absolute Gasteiger partial charge is 0.0542 e. The third kappa shape index (κ3) is 4.50. The van der Waals surface area contributed by atoms with Crippen molar-refractivity contribution >= 4 is 63.0 Å². The second kappa shape index (κ2) is 9.76. The third-order valence-electron chi connectivity index (χ3n) is 7.31. The molecular formula is C33H32S2. The molecule has 4 aromatic carbocycles. The quantitative estimate of drug-likeness (QED) is 0.185. The van der Waals surface area contributed by atoms with Gasteiger partial charge in [0, 0.05) is 20.2 Å². The Hall–Kier alpha value is -2.68. The second-order valence-electron chi connectivity index (χ2n) is 9.99. The number of benzene rings is 4. The average molecular weight is 493 g/mol. The highest BCUT2D eigenvalue weighted by Crippen LogP contribution is 2.46. The fourth-order valence-electron chi connectivity index (χ4n) is 5.24. The normalized spacial score (nSPS) is 11.9. The third-order valence-corrected chi connectivity index (χ3v) is 9.83. The molecule has 0 aliphatic rings. The van der Waals surface area contributed by atoms with E-state index in [0.717, 1.165) is 0 Å². The number of aryl methyl sites for hydroxylation is 2. The Balaban J connectivity index is 1.34. The number of fused-ring (bicyclic) bond motifs is 6. The zero-order chi connectivity index (χ0) is 23.8. The maximum Gasteiger partial charge on any atom is 0.0542 e. The summed E-state index contributed by atoms with van der Waals surface area (Å²) in [5.74, 6) is 0. The molecule has 176 valence electrons. The van der Waals surface area contributed by atoms with Crippen LogP contribution in [0.3, 0.4) is 0 Å². The van der Waals surface area contributed by atoms with E-state index >= 15 is 0 Å². The molecule has 0 nitrogen and oxygen atoms in total. The first-order valence-electron chi connectivity index (χ1n) is 13.1. The molecule has 0 saturated heterocycles. The highest BCUT2D eigenvalue weighted by atomic mass is 32.1. The molecule has 0 spiro atoms. The van der Waals surface area contributed by atoms with Crippen LogP contribution in [0.15, 0.2) is 72.8 Å². The standard InChI is InChI=1S/C33H32S2/c1-3-4-5-6-7-8-9-23-12-15-26-21-31-29(20-27(26)18-23)33-32(35-31)28-19-25(16-17-30(28)34-33)24-13-10-22(2)11-14-24/h10-21H,3-9H2,1-2H3. The molecule has 0 bridgehead atoms. The average Bonchev–Trinajstić information content (AvgIpc) is 3.40. The van der Waals surface area contributed by atoms with Gasteiger partial charge in [-0.2, -0.15) is 0 Å².